The Morgan fingerprint density at radius 1 is 1.28 bits per heavy atom. The van der Waals surface area contributed by atoms with Crippen LogP contribution in [-0.4, -0.2) is 28.9 Å². The summed E-state index contributed by atoms with van der Waals surface area (Å²) in [7, 11) is 1.52. The lowest BCUT2D eigenvalue weighted by Crippen LogP contribution is -2.39. The number of ether oxygens (including phenoxy) is 1. The summed E-state index contributed by atoms with van der Waals surface area (Å²) < 4.78 is 10.9. The van der Waals surface area contributed by atoms with E-state index < -0.39 is 11.7 Å². The Labute approximate surface area is 187 Å². The Kier molecular flexibility index (Phi) is 6.61. The van der Waals surface area contributed by atoms with Gasteiger partial charge in [0.05, 0.1) is 29.3 Å². The van der Waals surface area contributed by atoms with E-state index in [0.29, 0.717) is 17.0 Å². The number of Topliss-reactive ketones (excluding diaryl/α,β-unsaturated/α-hetero) is 1. The molecule has 0 unspecified atom stereocenters. The zero-order valence-electron chi connectivity index (χ0n) is 17.4. The molecule has 0 aliphatic carbocycles. The molecule has 32 heavy (non-hydrogen) atoms. The van der Waals surface area contributed by atoms with Crippen molar-refractivity contribution in [3.63, 3.8) is 0 Å². The summed E-state index contributed by atoms with van der Waals surface area (Å²) in [6.07, 6.45) is 0. The Hall–Kier alpha value is -4.09. The molecule has 10 nitrogen and oxygen atoms in total. The third-order valence-corrected chi connectivity index (χ3v) is 5.54. The summed E-state index contributed by atoms with van der Waals surface area (Å²) in [5.41, 5.74) is 6.87. The molecule has 0 atom stereocenters. The predicted octanol–water partition coefficient (Wildman–Crippen LogP) is 1.85. The first-order valence-corrected chi connectivity index (χ1v) is 10.3. The number of carbonyl (C=O) groups is 1. The van der Waals surface area contributed by atoms with Gasteiger partial charge in [-0.15, -0.1) is 0 Å². The Bertz CT molecular complexity index is 1260. The topological polar surface area (TPSA) is 166 Å². The highest BCUT2D eigenvalue weighted by Gasteiger charge is 2.29. The third-order valence-electron chi connectivity index (χ3n) is 4.56. The number of pyridine rings is 1. The SMILES string of the molecule is COc1ccc(-[n+]2noc([O-])c2C(=O)CSc2nc(N)c(C#N)c(C(C)C)c2C#N)cc1. The van der Waals surface area contributed by atoms with E-state index in [0.717, 1.165) is 16.4 Å². The maximum absolute atomic E-state index is 12.9. The normalized spacial score (nSPS) is 10.6. The Balaban J connectivity index is 1.93. The van der Waals surface area contributed by atoms with Gasteiger partial charge >= 0.3 is 5.69 Å². The largest absolute Gasteiger partial charge is 0.539 e. The lowest BCUT2D eigenvalue weighted by Gasteiger charge is -2.14. The van der Waals surface area contributed by atoms with Crippen LogP contribution < -0.4 is 20.3 Å². The molecule has 3 rings (SSSR count). The number of carbonyl (C=O) groups excluding carboxylic acids is 1. The van der Waals surface area contributed by atoms with E-state index in [2.05, 4.69) is 16.3 Å². The van der Waals surface area contributed by atoms with Crippen LogP contribution in [0.4, 0.5) is 5.82 Å². The zero-order valence-corrected chi connectivity index (χ0v) is 18.3. The third kappa shape index (κ3) is 4.19. The molecule has 1 aromatic carbocycles. The second-order valence-electron chi connectivity index (χ2n) is 6.87. The van der Waals surface area contributed by atoms with Gasteiger partial charge in [-0.25, -0.2) is 4.98 Å². The predicted molar refractivity (Wildman–Crippen MR) is 111 cm³/mol. The fourth-order valence-electron chi connectivity index (χ4n) is 3.09. The number of nitriles is 2. The maximum Gasteiger partial charge on any atom is 0.307 e. The number of hydrogen-bond acceptors (Lipinski definition) is 10. The van der Waals surface area contributed by atoms with Crippen molar-refractivity contribution in [2.24, 2.45) is 0 Å². The van der Waals surface area contributed by atoms with Crippen LogP contribution in [0.15, 0.2) is 33.8 Å². The summed E-state index contributed by atoms with van der Waals surface area (Å²) in [5.74, 6) is -1.27. The second-order valence-corrected chi connectivity index (χ2v) is 7.84. The van der Waals surface area contributed by atoms with Crippen LogP contribution in [0.5, 0.6) is 11.7 Å². The molecule has 11 heteroatoms. The molecule has 0 radical (unpaired) electrons. The van der Waals surface area contributed by atoms with E-state index >= 15 is 0 Å². The van der Waals surface area contributed by atoms with E-state index in [1.165, 1.54) is 7.11 Å². The molecule has 0 saturated heterocycles. The van der Waals surface area contributed by atoms with E-state index in [4.69, 9.17) is 15.0 Å². The highest BCUT2D eigenvalue weighted by Crippen LogP contribution is 2.33. The number of anilines is 1. The summed E-state index contributed by atoms with van der Waals surface area (Å²) in [6.45, 7) is 3.66. The van der Waals surface area contributed by atoms with Crippen LogP contribution >= 0.6 is 11.8 Å². The maximum atomic E-state index is 12.9. The van der Waals surface area contributed by atoms with Crippen LogP contribution in [0.3, 0.4) is 0 Å². The molecule has 0 spiro atoms. The lowest BCUT2D eigenvalue weighted by atomic mass is 9.94. The Morgan fingerprint density at radius 2 is 1.94 bits per heavy atom. The van der Waals surface area contributed by atoms with Gasteiger partial charge in [-0.05, 0) is 28.3 Å². The van der Waals surface area contributed by atoms with E-state index in [-0.39, 0.29) is 39.3 Å². The molecule has 0 aliphatic heterocycles. The second kappa shape index (κ2) is 9.37. The highest BCUT2D eigenvalue weighted by atomic mass is 32.2. The van der Waals surface area contributed by atoms with Crippen LogP contribution in [0.1, 0.15) is 46.9 Å². The van der Waals surface area contributed by atoms with Gasteiger partial charge in [-0.2, -0.15) is 10.5 Å². The Morgan fingerprint density at radius 3 is 2.50 bits per heavy atom. The van der Waals surface area contributed by atoms with Gasteiger partial charge in [0.2, 0.25) is 11.5 Å². The van der Waals surface area contributed by atoms with Crippen molar-refractivity contribution in [3.8, 4) is 29.5 Å². The minimum absolute atomic E-state index is 0.0204. The van der Waals surface area contributed by atoms with Gasteiger partial charge in [-0.1, -0.05) is 25.6 Å². The molecule has 2 aromatic heterocycles. The van der Waals surface area contributed by atoms with E-state index in [9.17, 15) is 20.4 Å². The number of rotatable bonds is 7. The van der Waals surface area contributed by atoms with Gasteiger partial charge in [-0.3, -0.25) is 4.79 Å². The standard InChI is InChI=1S/C21H18N6O4S/c1-11(2)17-14(8-22)19(24)25-20(15(17)9-23)32-10-16(28)18-21(29)31-26-27(18)12-4-6-13(30-3)7-5-12/h4-7,11H,10H2,1-3H3,(H2-,24,25,26,28,29). The number of thioether (sulfide) groups is 1. The molecular weight excluding hydrogens is 432 g/mol. The van der Waals surface area contributed by atoms with Crippen molar-refractivity contribution in [1.29, 1.82) is 10.5 Å². The highest BCUT2D eigenvalue weighted by molar-refractivity contribution is 8.00. The molecule has 162 valence electrons. The molecule has 3 aromatic rings. The van der Waals surface area contributed by atoms with Crippen LogP contribution in [-0.2, 0) is 0 Å². The smallest absolute Gasteiger partial charge is 0.307 e. The monoisotopic (exact) mass is 450 g/mol. The molecule has 0 saturated carbocycles. The number of nitrogens with two attached hydrogens (primary N) is 1. The number of methoxy groups -OCH3 is 1. The summed E-state index contributed by atoms with van der Waals surface area (Å²) in [6, 6.07) is 10.6. The molecule has 2 heterocycles. The molecule has 2 N–H and O–H groups in total. The minimum atomic E-state index is -0.887. The van der Waals surface area contributed by atoms with Crippen LogP contribution in [0.25, 0.3) is 5.69 Å². The minimum Gasteiger partial charge on any atom is -0.539 e. The molecular formula is C21H18N6O4S. The molecule has 0 fully saturated rings. The first-order chi connectivity index (χ1) is 15.3. The van der Waals surface area contributed by atoms with Crippen molar-refractivity contribution >= 4 is 23.4 Å². The summed E-state index contributed by atoms with van der Waals surface area (Å²) in [5, 5.41) is 35.1. The first-order valence-electron chi connectivity index (χ1n) is 9.35. The van der Waals surface area contributed by atoms with Crippen molar-refractivity contribution in [3.05, 3.63) is 46.6 Å². The fourth-order valence-corrected chi connectivity index (χ4v) is 3.96. The number of hydrogen-bond donors (Lipinski definition) is 1. The number of benzene rings is 1. The van der Waals surface area contributed by atoms with Gasteiger partial charge < -0.3 is 20.1 Å². The summed E-state index contributed by atoms with van der Waals surface area (Å²) in [4.78, 5) is 17.0. The quantitative estimate of drug-likeness (QED) is 0.319. The van der Waals surface area contributed by atoms with Crippen molar-refractivity contribution in [2.45, 2.75) is 24.8 Å². The number of ketones is 1. The first kappa shape index (κ1) is 22.6. The van der Waals surface area contributed by atoms with Crippen molar-refractivity contribution in [1.82, 2.24) is 10.3 Å². The lowest BCUT2D eigenvalue weighted by molar-refractivity contribution is -0.672. The van der Waals surface area contributed by atoms with Crippen molar-refractivity contribution in [2.75, 3.05) is 18.6 Å². The van der Waals surface area contributed by atoms with Gasteiger partial charge in [0.1, 0.15) is 28.7 Å². The number of nitrogens with zero attached hydrogens (tertiary/aromatic N) is 5. The van der Waals surface area contributed by atoms with Crippen LogP contribution in [0.2, 0.25) is 0 Å². The molecule has 0 amide bonds. The average molecular weight is 450 g/mol. The summed E-state index contributed by atoms with van der Waals surface area (Å²) >= 11 is 0.947. The fraction of sp³-hybridized carbons (Fsp3) is 0.238. The van der Waals surface area contributed by atoms with Gasteiger partial charge in [0.25, 0.3) is 0 Å². The van der Waals surface area contributed by atoms with Crippen LogP contribution in [0, 0.1) is 22.7 Å². The molecule has 0 bridgehead atoms. The number of aromatic nitrogens is 3. The zero-order chi connectivity index (χ0) is 23.4. The van der Waals surface area contributed by atoms with Crippen molar-refractivity contribution < 1.29 is 23.8 Å². The molecule has 0 aliphatic rings. The number of nitrogen functional groups attached to an aromatic ring is 1. The van der Waals surface area contributed by atoms with Gasteiger partial charge in [0.15, 0.2) is 5.95 Å². The van der Waals surface area contributed by atoms with E-state index in [1.54, 1.807) is 24.3 Å². The van der Waals surface area contributed by atoms with Gasteiger partial charge in [0, 0.05) is 12.1 Å². The van der Waals surface area contributed by atoms with E-state index in [1.807, 2.05) is 19.9 Å². The average Bonchev–Trinajstić information content (AvgIpc) is 3.18.